The summed E-state index contributed by atoms with van der Waals surface area (Å²) < 4.78 is 5.40. The minimum atomic E-state index is 0.756. The van der Waals surface area contributed by atoms with Gasteiger partial charge in [-0.05, 0) is 31.5 Å². The van der Waals surface area contributed by atoms with Crippen LogP contribution in [0.1, 0.15) is 38.5 Å². The molecule has 0 bridgehead atoms. The second-order valence-corrected chi connectivity index (χ2v) is 7.12. The second-order valence-electron chi connectivity index (χ2n) is 6.73. The largest absolute Gasteiger partial charge is 0.379 e. The van der Waals surface area contributed by atoms with Crippen molar-refractivity contribution in [1.82, 2.24) is 20.0 Å². The highest BCUT2D eigenvalue weighted by molar-refractivity contribution is 7.80. The van der Waals surface area contributed by atoms with Gasteiger partial charge in [0.15, 0.2) is 5.11 Å². The van der Waals surface area contributed by atoms with Crippen molar-refractivity contribution in [2.75, 3.05) is 52.7 Å². The van der Waals surface area contributed by atoms with Crippen LogP contribution in [0.5, 0.6) is 0 Å². The van der Waals surface area contributed by atoms with Crippen LogP contribution in [0.25, 0.3) is 0 Å². The highest BCUT2D eigenvalue weighted by atomic mass is 32.1. The molecule has 6 heteroatoms. The van der Waals surface area contributed by atoms with E-state index < -0.39 is 0 Å². The van der Waals surface area contributed by atoms with E-state index in [2.05, 4.69) is 20.0 Å². The van der Waals surface area contributed by atoms with Gasteiger partial charge in [-0.1, -0.05) is 19.3 Å². The molecule has 1 aliphatic carbocycles. The molecule has 0 amide bonds. The zero-order valence-electron chi connectivity index (χ0n) is 13.6. The van der Waals surface area contributed by atoms with E-state index in [0.717, 1.165) is 63.9 Å². The van der Waals surface area contributed by atoms with Crippen LogP contribution >= 0.6 is 12.2 Å². The van der Waals surface area contributed by atoms with E-state index in [-0.39, 0.29) is 0 Å². The lowest BCUT2D eigenvalue weighted by Crippen LogP contribution is -2.59. The summed E-state index contributed by atoms with van der Waals surface area (Å²) in [7, 11) is 0. The lowest BCUT2D eigenvalue weighted by molar-refractivity contribution is 0.0348. The van der Waals surface area contributed by atoms with Crippen molar-refractivity contribution in [3.63, 3.8) is 0 Å². The first kappa shape index (κ1) is 16.4. The first-order chi connectivity index (χ1) is 10.8. The molecule has 126 valence electrons. The Morgan fingerprint density at radius 3 is 2.64 bits per heavy atom. The predicted octanol–water partition coefficient (Wildman–Crippen LogP) is 1.45. The van der Waals surface area contributed by atoms with E-state index >= 15 is 0 Å². The van der Waals surface area contributed by atoms with Crippen LogP contribution in [-0.4, -0.2) is 78.6 Å². The number of rotatable bonds is 5. The summed E-state index contributed by atoms with van der Waals surface area (Å²) in [4.78, 5) is 7.44. The molecule has 2 aliphatic heterocycles. The minimum Gasteiger partial charge on any atom is -0.379 e. The molecule has 3 rings (SSSR count). The van der Waals surface area contributed by atoms with Gasteiger partial charge >= 0.3 is 0 Å². The summed E-state index contributed by atoms with van der Waals surface area (Å²) in [5.41, 5.74) is 0. The Bertz CT molecular complexity index is 356. The molecule has 5 nitrogen and oxygen atoms in total. The molecule has 0 atom stereocenters. The van der Waals surface area contributed by atoms with Crippen LogP contribution in [0.4, 0.5) is 0 Å². The molecule has 0 aromatic rings. The maximum Gasteiger partial charge on any atom is 0.170 e. The van der Waals surface area contributed by atoms with Gasteiger partial charge in [0, 0.05) is 32.2 Å². The number of thiocarbonyl (C=S) groups is 1. The summed E-state index contributed by atoms with van der Waals surface area (Å²) >= 11 is 5.51. The fourth-order valence-electron chi connectivity index (χ4n) is 3.79. The average Bonchev–Trinajstić information content (AvgIpc) is 2.58. The van der Waals surface area contributed by atoms with Gasteiger partial charge in [0.1, 0.15) is 0 Å². The number of hydrogen-bond donors (Lipinski definition) is 1. The third kappa shape index (κ3) is 4.54. The maximum atomic E-state index is 5.51. The Balaban J connectivity index is 1.41. The Kier molecular flexibility index (Phi) is 6.30. The standard InChI is InChI=1S/C16H30N4OS/c22-16-17-13-20(15-5-2-1-3-6-15)14-19(16)8-4-7-18-9-11-21-12-10-18/h15H,1-14H2,(H,17,22). The Hall–Kier alpha value is -0.430. The topological polar surface area (TPSA) is 31.0 Å². The normalized spacial score (nSPS) is 26.2. The van der Waals surface area contributed by atoms with Crippen molar-refractivity contribution in [3.8, 4) is 0 Å². The summed E-state index contributed by atoms with van der Waals surface area (Å²) in [6.07, 6.45) is 8.09. The number of morpholine rings is 1. The van der Waals surface area contributed by atoms with Gasteiger partial charge in [-0.3, -0.25) is 9.80 Å². The van der Waals surface area contributed by atoms with Gasteiger partial charge in [-0.2, -0.15) is 0 Å². The number of nitrogens with zero attached hydrogens (tertiary/aromatic N) is 3. The Morgan fingerprint density at radius 1 is 1.09 bits per heavy atom. The van der Waals surface area contributed by atoms with Crippen LogP contribution < -0.4 is 5.32 Å². The van der Waals surface area contributed by atoms with Crippen molar-refractivity contribution in [2.45, 2.75) is 44.6 Å². The predicted molar refractivity (Wildman–Crippen MR) is 92.8 cm³/mol. The lowest BCUT2D eigenvalue weighted by Gasteiger charge is -2.43. The molecule has 0 unspecified atom stereocenters. The molecule has 1 N–H and O–H groups in total. The zero-order chi connectivity index (χ0) is 15.2. The highest BCUT2D eigenvalue weighted by Gasteiger charge is 2.27. The third-order valence-electron chi connectivity index (χ3n) is 5.17. The summed E-state index contributed by atoms with van der Waals surface area (Å²) in [6, 6.07) is 0.756. The molecule has 0 aromatic carbocycles. The summed E-state index contributed by atoms with van der Waals surface area (Å²) in [6.45, 7) is 8.10. The molecule has 2 saturated heterocycles. The number of nitrogens with one attached hydrogen (secondary N) is 1. The SMILES string of the molecule is S=C1NCN(C2CCCCC2)CN1CCCN1CCOCC1. The van der Waals surface area contributed by atoms with Crippen LogP contribution in [-0.2, 0) is 4.74 Å². The monoisotopic (exact) mass is 326 g/mol. The van der Waals surface area contributed by atoms with Crippen LogP contribution in [0, 0.1) is 0 Å². The highest BCUT2D eigenvalue weighted by Crippen LogP contribution is 2.23. The fraction of sp³-hybridized carbons (Fsp3) is 0.938. The fourth-order valence-corrected chi connectivity index (χ4v) is 4.00. The van der Waals surface area contributed by atoms with Crippen molar-refractivity contribution >= 4 is 17.3 Å². The Morgan fingerprint density at radius 2 is 1.86 bits per heavy atom. The molecule has 0 aromatic heterocycles. The van der Waals surface area contributed by atoms with Gasteiger partial charge in [-0.25, -0.2) is 0 Å². The second kappa shape index (κ2) is 8.43. The van der Waals surface area contributed by atoms with Crippen LogP contribution in [0.2, 0.25) is 0 Å². The van der Waals surface area contributed by atoms with Crippen LogP contribution in [0.15, 0.2) is 0 Å². The summed E-state index contributed by atoms with van der Waals surface area (Å²) in [5, 5.41) is 4.36. The van der Waals surface area contributed by atoms with Gasteiger partial charge in [-0.15, -0.1) is 0 Å². The third-order valence-corrected chi connectivity index (χ3v) is 5.57. The van der Waals surface area contributed by atoms with Gasteiger partial charge < -0.3 is 15.0 Å². The van der Waals surface area contributed by atoms with E-state index in [1.54, 1.807) is 0 Å². The van der Waals surface area contributed by atoms with Crippen molar-refractivity contribution in [1.29, 1.82) is 0 Å². The van der Waals surface area contributed by atoms with Gasteiger partial charge in [0.2, 0.25) is 0 Å². The van der Waals surface area contributed by atoms with Crippen LogP contribution in [0.3, 0.4) is 0 Å². The quantitative estimate of drug-likeness (QED) is 0.770. The summed E-state index contributed by atoms with van der Waals surface area (Å²) in [5.74, 6) is 0. The van der Waals surface area contributed by atoms with Crippen molar-refractivity contribution < 1.29 is 4.74 Å². The molecular weight excluding hydrogens is 296 g/mol. The first-order valence-corrected chi connectivity index (χ1v) is 9.31. The van der Waals surface area contributed by atoms with E-state index in [1.165, 1.54) is 38.5 Å². The molecule has 1 saturated carbocycles. The molecule has 0 radical (unpaired) electrons. The molecule has 3 fully saturated rings. The lowest BCUT2D eigenvalue weighted by atomic mass is 9.94. The van der Waals surface area contributed by atoms with E-state index in [4.69, 9.17) is 17.0 Å². The average molecular weight is 327 g/mol. The van der Waals surface area contributed by atoms with E-state index in [1.807, 2.05) is 0 Å². The van der Waals surface area contributed by atoms with Gasteiger partial charge in [0.05, 0.1) is 26.6 Å². The van der Waals surface area contributed by atoms with Crippen molar-refractivity contribution in [2.24, 2.45) is 0 Å². The van der Waals surface area contributed by atoms with E-state index in [9.17, 15) is 0 Å². The Labute approximate surface area is 139 Å². The molecular formula is C16H30N4OS. The van der Waals surface area contributed by atoms with Crippen molar-refractivity contribution in [3.05, 3.63) is 0 Å². The molecule has 0 spiro atoms. The molecule has 22 heavy (non-hydrogen) atoms. The molecule has 3 aliphatic rings. The van der Waals surface area contributed by atoms with Gasteiger partial charge in [0.25, 0.3) is 0 Å². The number of hydrogen-bond acceptors (Lipinski definition) is 4. The number of ether oxygens (including phenoxy) is 1. The zero-order valence-corrected chi connectivity index (χ0v) is 14.5. The first-order valence-electron chi connectivity index (χ1n) is 8.90. The van der Waals surface area contributed by atoms with E-state index in [0.29, 0.717) is 0 Å². The molecule has 2 heterocycles. The minimum absolute atomic E-state index is 0.756. The maximum absolute atomic E-state index is 5.51. The smallest absolute Gasteiger partial charge is 0.170 e.